The van der Waals surface area contributed by atoms with Crippen molar-refractivity contribution in [2.45, 2.75) is 83.7 Å². The summed E-state index contributed by atoms with van der Waals surface area (Å²) in [6, 6.07) is 4.01. The standard InChI is InChI=1S/C24H38N2O4S/c1-17-14-26(15-18(2)30-17)23-11-8-20(13-25-23)12-22(27)21-9-6-19(7-10-21)16-31(28,29)24(3,4)5/h8,11,13,17-19,21H,6-7,9-10,12,14-16H2,1-5H3/t17-,18-,19?,21?/m1/s1. The lowest BCUT2D eigenvalue weighted by Crippen LogP contribution is -2.45. The van der Waals surface area contributed by atoms with Gasteiger partial charge in [-0.15, -0.1) is 0 Å². The number of carbonyl (C=O) groups excluding carboxylic acids is 1. The maximum atomic E-state index is 12.8. The summed E-state index contributed by atoms with van der Waals surface area (Å²) in [5, 5.41) is 0. The number of carbonyl (C=O) groups is 1. The number of hydrogen-bond donors (Lipinski definition) is 0. The maximum Gasteiger partial charge on any atom is 0.155 e. The predicted octanol–water partition coefficient (Wildman–Crippen LogP) is 3.83. The second kappa shape index (κ2) is 9.57. The minimum atomic E-state index is -3.11. The topological polar surface area (TPSA) is 76.6 Å². The smallest absolute Gasteiger partial charge is 0.155 e. The number of aromatic nitrogens is 1. The van der Waals surface area contributed by atoms with E-state index in [4.69, 9.17) is 4.74 Å². The van der Waals surface area contributed by atoms with Crippen LogP contribution in [-0.2, 0) is 25.8 Å². The lowest BCUT2D eigenvalue weighted by Gasteiger charge is -2.36. The Labute approximate surface area is 187 Å². The van der Waals surface area contributed by atoms with Crippen LogP contribution in [0.2, 0.25) is 0 Å². The van der Waals surface area contributed by atoms with Crippen molar-refractivity contribution in [2.24, 2.45) is 11.8 Å². The summed E-state index contributed by atoms with van der Waals surface area (Å²) in [5.41, 5.74) is 0.945. The van der Waals surface area contributed by atoms with Gasteiger partial charge in [-0.05, 0) is 77.8 Å². The third kappa shape index (κ3) is 6.28. The first-order chi connectivity index (χ1) is 14.4. The fraction of sp³-hybridized carbons (Fsp3) is 0.750. The molecule has 0 aromatic carbocycles. The van der Waals surface area contributed by atoms with E-state index in [9.17, 15) is 13.2 Å². The molecule has 0 spiro atoms. The predicted molar refractivity (Wildman–Crippen MR) is 124 cm³/mol. The van der Waals surface area contributed by atoms with Crippen LogP contribution in [-0.4, -0.2) is 55.0 Å². The summed E-state index contributed by atoms with van der Waals surface area (Å²) in [6.45, 7) is 11.1. The van der Waals surface area contributed by atoms with Crippen LogP contribution in [0.3, 0.4) is 0 Å². The highest BCUT2D eigenvalue weighted by atomic mass is 32.2. The summed E-state index contributed by atoms with van der Waals surface area (Å²) in [4.78, 5) is 19.6. The van der Waals surface area contributed by atoms with Gasteiger partial charge in [0.25, 0.3) is 0 Å². The zero-order valence-corrected chi connectivity index (χ0v) is 20.5. The lowest BCUT2D eigenvalue weighted by molar-refractivity contribution is -0.123. The largest absolute Gasteiger partial charge is 0.372 e. The monoisotopic (exact) mass is 450 g/mol. The number of pyridine rings is 1. The highest BCUT2D eigenvalue weighted by molar-refractivity contribution is 7.92. The van der Waals surface area contributed by atoms with Crippen molar-refractivity contribution in [3.05, 3.63) is 23.9 Å². The molecule has 0 radical (unpaired) electrons. The number of sulfone groups is 1. The quantitative estimate of drug-likeness (QED) is 0.656. The van der Waals surface area contributed by atoms with Crippen molar-refractivity contribution in [2.75, 3.05) is 23.7 Å². The van der Waals surface area contributed by atoms with Gasteiger partial charge < -0.3 is 9.64 Å². The first-order valence-corrected chi connectivity index (χ1v) is 13.2. The Morgan fingerprint density at radius 3 is 2.23 bits per heavy atom. The van der Waals surface area contributed by atoms with Gasteiger partial charge in [0.15, 0.2) is 9.84 Å². The molecule has 3 rings (SSSR count). The number of ketones is 1. The Morgan fingerprint density at radius 2 is 1.71 bits per heavy atom. The molecule has 7 heteroatoms. The summed E-state index contributed by atoms with van der Waals surface area (Å²) >= 11 is 0. The number of nitrogens with zero attached hydrogens (tertiary/aromatic N) is 2. The van der Waals surface area contributed by atoms with E-state index in [0.717, 1.165) is 50.2 Å². The van der Waals surface area contributed by atoms with Crippen LogP contribution in [0.4, 0.5) is 5.82 Å². The molecule has 0 N–H and O–H groups in total. The second-order valence-electron chi connectivity index (χ2n) is 10.4. The van der Waals surface area contributed by atoms with E-state index in [-0.39, 0.29) is 35.6 Å². The van der Waals surface area contributed by atoms with E-state index in [1.54, 1.807) is 20.8 Å². The molecule has 0 bridgehead atoms. The molecular formula is C24H38N2O4S. The Kier molecular flexibility index (Phi) is 7.47. The van der Waals surface area contributed by atoms with E-state index in [0.29, 0.717) is 6.42 Å². The molecule has 0 unspecified atom stereocenters. The van der Waals surface area contributed by atoms with Gasteiger partial charge in [0.2, 0.25) is 0 Å². The van der Waals surface area contributed by atoms with E-state index in [1.807, 2.05) is 18.3 Å². The Morgan fingerprint density at radius 1 is 1.10 bits per heavy atom. The third-order valence-corrected chi connectivity index (χ3v) is 9.40. The fourth-order valence-electron chi connectivity index (χ4n) is 4.63. The molecule has 1 saturated carbocycles. The van der Waals surface area contributed by atoms with Crippen molar-refractivity contribution in [3.63, 3.8) is 0 Å². The van der Waals surface area contributed by atoms with Gasteiger partial charge in [-0.3, -0.25) is 4.79 Å². The van der Waals surface area contributed by atoms with E-state index in [1.165, 1.54) is 0 Å². The number of Topliss-reactive ketones (excluding diaryl/α,β-unsaturated/α-hetero) is 1. The SMILES string of the molecule is C[C@@H]1CN(c2ccc(CC(=O)C3CCC(CS(=O)(=O)C(C)(C)C)CC3)cn2)C[C@@H](C)O1. The fourth-order valence-corrected chi connectivity index (χ4v) is 6.08. The first kappa shape index (κ1) is 24.2. The van der Waals surface area contributed by atoms with Gasteiger partial charge in [-0.1, -0.05) is 6.07 Å². The molecule has 2 aliphatic rings. The molecule has 0 amide bonds. The number of morpholine rings is 1. The van der Waals surface area contributed by atoms with Crippen molar-refractivity contribution in [1.82, 2.24) is 4.98 Å². The summed E-state index contributed by atoms with van der Waals surface area (Å²) in [5.74, 6) is 1.63. The highest BCUT2D eigenvalue weighted by Gasteiger charge is 2.34. The molecule has 2 heterocycles. The summed E-state index contributed by atoms with van der Waals surface area (Å²) in [6.07, 6.45) is 5.79. The van der Waals surface area contributed by atoms with Gasteiger partial charge in [0.05, 0.1) is 22.7 Å². The zero-order chi connectivity index (χ0) is 22.8. The second-order valence-corrected chi connectivity index (χ2v) is 13.2. The molecule has 1 saturated heterocycles. The third-order valence-electron chi connectivity index (χ3n) is 6.62. The van der Waals surface area contributed by atoms with Gasteiger partial charge in [0, 0.05) is 31.6 Å². The highest BCUT2D eigenvalue weighted by Crippen LogP contribution is 2.33. The van der Waals surface area contributed by atoms with Gasteiger partial charge >= 0.3 is 0 Å². The average molecular weight is 451 g/mol. The molecule has 6 nitrogen and oxygen atoms in total. The molecule has 31 heavy (non-hydrogen) atoms. The Bertz CT molecular complexity index is 843. The van der Waals surface area contributed by atoms with Gasteiger partial charge in [-0.2, -0.15) is 0 Å². The van der Waals surface area contributed by atoms with E-state index >= 15 is 0 Å². The minimum Gasteiger partial charge on any atom is -0.372 e. The number of ether oxygens (including phenoxy) is 1. The van der Waals surface area contributed by atoms with Crippen LogP contribution in [0, 0.1) is 11.8 Å². The van der Waals surface area contributed by atoms with Crippen molar-refractivity contribution in [1.29, 1.82) is 0 Å². The van der Waals surface area contributed by atoms with E-state index in [2.05, 4.69) is 23.7 Å². The van der Waals surface area contributed by atoms with Crippen LogP contribution in [0.5, 0.6) is 0 Å². The minimum absolute atomic E-state index is 0.0363. The van der Waals surface area contributed by atoms with Crippen molar-refractivity contribution < 1.29 is 17.9 Å². The van der Waals surface area contributed by atoms with Crippen molar-refractivity contribution in [3.8, 4) is 0 Å². The normalized spacial score (nSPS) is 27.8. The molecule has 1 aromatic rings. The molecule has 2 fully saturated rings. The zero-order valence-electron chi connectivity index (χ0n) is 19.6. The van der Waals surface area contributed by atoms with Gasteiger partial charge in [0.1, 0.15) is 11.6 Å². The lowest BCUT2D eigenvalue weighted by atomic mass is 9.79. The average Bonchev–Trinajstić information content (AvgIpc) is 2.67. The molecule has 1 aliphatic heterocycles. The number of anilines is 1. The van der Waals surface area contributed by atoms with Crippen LogP contribution in [0.25, 0.3) is 0 Å². The van der Waals surface area contributed by atoms with Crippen LogP contribution < -0.4 is 4.90 Å². The summed E-state index contributed by atoms with van der Waals surface area (Å²) < 4.78 is 30.0. The first-order valence-electron chi connectivity index (χ1n) is 11.5. The van der Waals surface area contributed by atoms with E-state index < -0.39 is 14.6 Å². The maximum absolute atomic E-state index is 12.8. The molecular weight excluding hydrogens is 412 g/mol. The Hall–Kier alpha value is -1.47. The number of rotatable bonds is 6. The van der Waals surface area contributed by atoms with Gasteiger partial charge in [-0.25, -0.2) is 13.4 Å². The molecule has 174 valence electrons. The molecule has 1 aromatic heterocycles. The summed E-state index contributed by atoms with van der Waals surface area (Å²) in [7, 11) is -3.11. The van der Waals surface area contributed by atoms with Crippen molar-refractivity contribution >= 4 is 21.4 Å². The van der Waals surface area contributed by atoms with Crippen LogP contribution >= 0.6 is 0 Å². The number of hydrogen-bond acceptors (Lipinski definition) is 6. The molecule has 1 aliphatic carbocycles. The Balaban J connectivity index is 1.50. The van der Waals surface area contributed by atoms with Crippen LogP contribution in [0.1, 0.15) is 65.9 Å². The molecule has 2 atom stereocenters. The van der Waals surface area contributed by atoms with Crippen LogP contribution in [0.15, 0.2) is 18.3 Å².